The van der Waals surface area contributed by atoms with Gasteiger partial charge in [-0.25, -0.2) is 4.39 Å². The molecule has 1 saturated carbocycles. The van der Waals surface area contributed by atoms with Crippen LogP contribution in [0.4, 0.5) is 4.39 Å². The van der Waals surface area contributed by atoms with Crippen molar-refractivity contribution in [2.45, 2.75) is 58.0 Å². The molecule has 2 nitrogen and oxygen atoms in total. The summed E-state index contributed by atoms with van der Waals surface area (Å²) in [5.41, 5.74) is 0.801. The molecule has 2 atom stereocenters. The third-order valence-corrected chi connectivity index (χ3v) is 5.37. The number of benzene rings is 1. The van der Waals surface area contributed by atoms with Crippen LogP contribution in [0.15, 0.2) is 24.3 Å². The number of ketones is 1. The van der Waals surface area contributed by atoms with Gasteiger partial charge in [-0.15, -0.1) is 0 Å². The van der Waals surface area contributed by atoms with Crippen LogP contribution in [0, 0.1) is 11.2 Å². The molecule has 0 amide bonds. The molecule has 0 saturated heterocycles. The van der Waals surface area contributed by atoms with E-state index in [-0.39, 0.29) is 22.9 Å². The Labute approximate surface area is 134 Å². The first-order valence-electron chi connectivity index (χ1n) is 8.17. The van der Waals surface area contributed by atoms with Crippen LogP contribution < -0.4 is 0 Å². The molecule has 0 N–H and O–H groups in total. The van der Waals surface area contributed by atoms with Crippen LogP contribution in [0.25, 0.3) is 0 Å². The summed E-state index contributed by atoms with van der Waals surface area (Å²) in [7, 11) is -0.799. The zero-order valence-electron chi connectivity index (χ0n) is 13.8. The highest BCUT2D eigenvalue weighted by Gasteiger charge is 2.47. The van der Waals surface area contributed by atoms with Crippen molar-refractivity contribution < 1.29 is 13.6 Å². The van der Waals surface area contributed by atoms with Gasteiger partial charge in [0.15, 0.2) is 0 Å². The van der Waals surface area contributed by atoms with Gasteiger partial charge >= 0.3 is 0 Å². The molecule has 4 heteroatoms. The van der Waals surface area contributed by atoms with Gasteiger partial charge in [-0.1, -0.05) is 31.9 Å². The molecule has 1 aromatic rings. The molecular weight excluding hydrogens is 295 g/mol. The summed E-state index contributed by atoms with van der Waals surface area (Å²) >= 11 is 0. The first-order valence-corrected chi connectivity index (χ1v) is 10.6. The van der Waals surface area contributed by atoms with Crippen molar-refractivity contribution in [1.29, 1.82) is 0 Å². The lowest BCUT2D eigenvalue weighted by Gasteiger charge is -2.36. The first kappa shape index (κ1) is 17.4. The standard InChI is InChI=1S/C18H26FO2Si/c1-4-5-9-18(13-21-22(2)3)12-16(20)11-17(18)14-7-6-8-15(19)10-14/h6-8,10,17H,4-5,9,11-13H2,1-3H3. The molecule has 0 heterocycles. The Morgan fingerprint density at radius 3 is 2.82 bits per heavy atom. The molecule has 121 valence electrons. The van der Waals surface area contributed by atoms with E-state index < -0.39 is 9.04 Å². The number of hydrogen-bond acceptors (Lipinski definition) is 2. The molecule has 1 aliphatic carbocycles. The highest BCUT2D eigenvalue weighted by Crippen LogP contribution is 2.51. The van der Waals surface area contributed by atoms with Gasteiger partial charge in [0.2, 0.25) is 9.04 Å². The summed E-state index contributed by atoms with van der Waals surface area (Å²) in [4.78, 5) is 12.2. The Morgan fingerprint density at radius 1 is 1.41 bits per heavy atom. The van der Waals surface area contributed by atoms with E-state index in [1.807, 2.05) is 6.07 Å². The summed E-state index contributed by atoms with van der Waals surface area (Å²) in [6.07, 6.45) is 4.25. The number of Topliss-reactive ketones (excluding diaryl/α,β-unsaturated/α-hetero) is 1. The normalized spacial score (nSPS) is 25.1. The minimum absolute atomic E-state index is 0.0867. The summed E-state index contributed by atoms with van der Waals surface area (Å²) < 4.78 is 19.6. The number of carbonyl (C=O) groups is 1. The van der Waals surface area contributed by atoms with E-state index >= 15 is 0 Å². The lowest BCUT2D eigenvalue weighted by molar-refractivity contribution is -0.118. The van der Waals surface area contributed by atoms with E-state index in [2.05, 4.69) is 20.0 Å². The van der Waals surface area contributed by atoms with Crippen LogP contribution in [0.1, 0.15) is 50.5 Å². The van der Waals surface area contributed by atoms with Crippen LogP contribution in [0.3, 0.4) is 0 Å². The zero-order chi connectivity index (χ0) is 16.2. The van der Waals surface area contributed by atoms with Crippen molar-refractivity contribution in [2.75, 3.05) is 6.61 Å². The molecule has 0 bridgehead atoms. The third-order valence-electron chi connectivity index (χ3n) is 4.65. The van der Waals surface area contributed by atoms with E-state index in [1.165, 1.54) is 6.07 Å². The SMILES string of the molecule is CCCCC1(CO[Si](C)C)CC(=O)CC1c1cccc(F)c1. The number of halogens is 1. The zero-order valence-corrected chi connectivity index (χ0v) is 14.8. The molecular formula is C18H26FO2Si. The number of unbranched alkanes of at least 4 members (excludes halogenated alkanes) is 1. The number of rotatable bonds is 7. The molecule has 0 spiro atoms. The molecule has 1 fully saturated rings. The van der Waals surface area contributed by atoms with Crippen LogP contribution in [0.5, 0.6) is 0 Å². The third kappa shape index (κ3) is 4.05. The molecule has 1 aliphatic rings. The minimum Gasteiger partial charge on any atom is -0.417 e. The topological polar surface area (TPSA) is 26.3 Å². The molecule has 2 rings (SSSR count). The van der Waals surface area contributed by atoms with Crippen molar-refractivity contribution in [3.63, 3.8) is 0 Å². The van der Waals surface area contributed by atoms with Crippen LogP contribution >= 0.6 is 0 Å². The van der Waals surface area contributed by atoms with Crippen LogP contribution in [-0.4, -0.2) is 21.4 Å². The second kappa shape index (κ2) is 7.51. The van der Waals surface area contributed by atoms with E-state index in [4.69, 9.17) is 4.43 Å². The van der Waals surface area contributed by atoms with Gasteiger partial charge in [0.1, 0.15) is 11.6 Å². The molecule has 2 unspecified atom stereocenters. The van der Waals surface area contributed by atoms with Gasteiger partial charge in [0.25, 0.3) is 0 Å². The predicted octanol–water partition coefficient (Wildman–Crippen LogP) is 4.72. The monoisotopic (exact) mass is 321 g/mol. The lowest BCUT2D eigenvalue weighted by Crippen LogP contribution is -2.32. The molecule has 22 heavy (non-hydrogen) atoms. The minimum atomic E-state index is -0.799. The smallest absolute Gasteiger partial charge is 0.204 e. The van der Waals surface area contributed by atoms with Gasteiger partial charge in [-0.2, -0.15) is 0 Å². The highest BCUT2D eigenvalue weighted by molar-refractivity contribution is 6.48. The molecule has 1 aromatic carbocycles. The molecule has 1 radical (unpaired) electrons. The van der Waals surface area contributed by atoms with Gasteiger partial charge < -0.3 is 4.43 Å². The summed E-state index contributed by atoms with van der Waals surface area (Å²) in [6, 6.07) is 6.75. The van der Waals surface area contributed by atoms with Crippen LogP contribution in [-0.2, 0) is 9.22 Å². The Balaban J connectivity index is 2.31. The van der Waals surface area contributed by atoms with Crippen molar-refractivity contribution in [1.82, 2.24) is 0 Å². The molecule has 0 aromatic heterocycles. The van der Waals surface area contributed by atoms with Crippen molar-refractivity contribution in [3.05, 3.63) is 35.6 Å². The van der Waals surface area contributed by atoms with E-state index in [9.17, 15) is 9.18 Å². The fourth-order valence-electron chi connectivity index (χ4n) is 3.53. The predicted molar refractivity (Wildman–Crippen MR) is 88.8 cm³/mol. The Morgan fingerprint density at radius 2 is 2.18 bits per heavy atom. The van der Waals surface area contributed by atoms with E-state index in [1.54, 1.807) is 12.1 Å². The fraction of sp³-hybridized carbons (Fsp3) is 0.611. The molecule has 0 aliphatic heterocycles. The Bertz CT molecular complexity index is 518. The summed E-state index contributed by atoms with van der Waals surface area (Å²) in [6.45, 7) is 7.02. The Hall–Kier alpha value is -1.00. The average Bonchev–Trinajstić information content (AvgIpc) is 2.80. The summed E-state index contributed by atoms with van der Waals surface area (Å²) in [5.74, 6) is 0.149. The quantitative estimate of drug-likeness (QED) is 0.679. The van der Waals surface area contributed by atoms with Crippen molar-refractivity contribution >= 4 is 14.8 Å². The van der Waals surface area contributed by atoms with Gasteiger partial charge in [-0.3, -0.25) is 4.79 Å². The maximum atomic E-state index is 13.6. The second-order valence-electron chi connectivity index (χ2n) is 6.69. The van der Waals surface area contributed by atoms with Crippen molar-refractivity contribution in [2.24, 2.45) is 5.41 Å². The fourth-order valence-corrected chi connectivity index (χ4v) is 4.11. The first-order chi connectivity index (χ1) is 10.5. The van der Waals surface area contributed by atoms with Crippen molar-refractivity contribution in [3.8, 4) is 0 Å². The number of carbonyl (C=O) groups excluding carboxylic acids is 1. The highest BCUT2D eigenvalue weighted by atomic mass is 28.3. The average molecular weight is 321 g/mol. The van der Waals surface area contributed by atoms with Gasteiger partial charge in [-0.05, 0) is 43.1 Å². The van der Waals surface area contributed by atoms with Gasteiger partial charge in [0.05, 0.1) is 0 Å². The maximum absolute atomic E-state index is 13.6. The van der Waals surface area contributed by atoms with Gasteiger partial charge in [0, 0.05) is 24.9 Å². The largest absolute Gasteiger partial charge is 0.417 e. The van der Waals surface area contributed by atoms with Crippen LogP contribution in [0.2, 0.25) is 13.1 Å². The number of hydrogen-bond donors (Lipinski definition) is 0. The van der Waals surface area contributed by atoms with E-state index in [0.717, 1.165) is 24.8 Å². The summed E-state index contributed by atoms with van der Waals surface area (Å²) in [5, 5.41) is 0. The lowest BCUT2D eigenvalue weighted by atomic mass is 9.72. The second-order valence-corrected chi connectivity index (χ2v) is 8.80. The Kier molecular flexibility index (Phi) is 5.92. The maximum Gasteiger partial charge on any atom is 0.204 e. The van der Waals surface area contributed by atoms with E-state index in [0.29, 0.717) is 19.4 Å².